The fraction of sp³-hybridized carbons (Fsp3) is 0.533. The molecular weight excluding hydrogens is 256 g/mol. The molecule has 2 aliphatic rings. The molecule has 1 saturated heterocycles. The first kappa shape index (κ1) is 13.2. The Labute approximate surface area is 118 Å². The number of rotatable bonds is 2. The molecule has 1 aliphatic heterocycles. The van der Waals surface area contributed by atoms with Crippen molar-refractivity contribution < 1.29 is 14.6 Å². The second kappa shape index (κ2) is 5.32. The second-order valence-electron chi connectivity index (χ2n) is 5.50. The first-order valence-electron chi connectivity index (χ1n) is 7.18. The van der Waals surface area contributed by atoms with E-state index < -0.39 is 5.97 Å². The lowest BCUT2D eigenvalue weighted by Crippen LogP contribution is -2.53. The standard InChI is InChI=1S/C15H20N2O3/c16-14-10(15(18)19)4-3-6-12(14)17-8-9-20-13-7-2-1-5-11(13)17/h3-4,6,11,13H,1-2,5,7-9,16H2,(H,18,19). The SMILES string of the molecule is Nc1c(C(=O)O)cccc1N1CCOC2CCCCC21. The van der Waals surface area contributed by atoms with Crippen molar-refractivity contribution in [3.05, 3.63) is 23.8 Å². The summed E-state index contributed by atoms with van der Waals surface area (Å²) in [7, 11) is 0. The Bertz CT molecular complexity index is 516. The minimum atomic E-state index is -0.974. The van der Waals surface area contributed by atoms with Crippen LogP contribution in [0.4, 0.5) is 11.4 Å². The Morgan fingerprint density at radius 2 is 2.15 bits per heavy atom. The zero-order valence-electron chi connectivity index (χ0n) is 11.4. The number of nitrogens with two attached hydrogens (primary N) is 1. The Morgan fingerprint density at radius 3 is 2.95 bits per heavy atom. The van der Waals surface area contributed by atoms with Gasteiger partial charge in [-0.3, -0.25) is 0 Å². The van der Waals surface area contributed by atoms with Crippen LogP contribution in [0.2, 0.25) is 0 Å². The fourth-order valence-corrected chi connectivity index (χ4v) is 3.39. The van der Waals surface area contributed by atoms with E-state index in [1.807, 2.05) is 6.07 Å². The monoisotopic (exact) mass is 276 g/mol. The van der Waals surface area contributed by atoms with Crippen LogP contribution >= 0.6 is 0 Å². The first-order valence-corrected chi connectivity index (χ1v) is 7.18. The third kappa shape index (κ3) is 2.22. The smallest absolute Gasteiger partial charge is 0.337 e. The number of para-hydroxylation sites is 1. The maximum Gasteiger partial charge on any atom is 0.337 e. The van der Waals surface area contributed by atoms with Gasteiger partial charge < -0.3 is 20.5 Å². The molecule has 0 radical (unpaired) electrons. The van der Waals surface area contributed by atoms with Crippen LogP contribution in [-0.4, -0.2) is 36.4 Å². The van der Waals surface area contributed by atoms with E-state index in [4.69, 9.17) is 10.5 Å². The van der Waals surface area contributed by atoms with Crippen LogP contribution in [-0.2, 0) is 4.74 Å². The fourth-order valence-electron chi connectivity index (χ4n) is 3.39. The van der Waals surface area contributed by atoms with Crippen molar-refractivity contribution in [1.82, 2.24) is 0 Å². The van der Waals surface area contributed by atoms with E-state index >= 15 is 0 Å². The quantitative estimate of drug-likeness (QED) is 0.809. The number of fused-ring (bicyclic) bond motifs is 1. The minimum absolute atomic E-state index is 0.182. The zero-order valence-corrected chi connectivity index (χ0v) is 11.4. The van der Waals surface area contributed by atoms with Crippen LogP contribution in [0.5, 0.6) is 0 Å². The summed E-state index contributed by atoms with van der Waals surface area (Å²) in [6.07, 6.45) is 4.82. The maximum absolute atomic E-state index is 11.2. The van der Waals surface area contributed by atoms with Gasteiger partial charge in [-0.15, -0.1) is 0 Å². The number of aromatic carboxylic acids is 1. The summed E-state index contributed by atoms with van der Waals surface area (Å²) >= 11 is 0. The number of nitrogen functional groups attached to an aromatic ring is 1. The molecule has 2 fully saturated rings. The average molecular weight is 276 g/mol. The van der Waals surface area contributed by atoms with Gasteiger partial charge in [0.05, 0.1) is 35.7 Å². The molecule has 1 aliphatic carbocycles. The van der Waals surface area contributed by atoms with Crippen molar-refractivity contribution in [2.45, 2.75) is 37.8 Å². The van der Waals surface area contributed by atoms with Crippen LogP contribution in [0.1, 0.15) is 36.0 Å². The molecule has 20 heavy (non-hydrogen) atoms. The third-order valence-electron chi connectivity index (χ3n) is 4.36. The predicted molar refractivity (Wildman–Crippen MR) is 77.2 cm³/mol. The number of carboxylic acids is 1. The molecule has 108 valence electrons. The molecule has 1 saturated carbocycles. The highest BCUT2D eigenvalue weighted by molar-refractivity contribution is 5.97. The minimum Gasteiger partial charge on any atom is -0.478 e. The Hall–Kier alpha value is -1.75. The van der Waals surface area contributed by atoms with Gasteiger partial charge in [-0.25, -0.2) is 4.79 Å². The number of carboxylic acid groups (broad SMARTS) is 1. The topological polar surface area (TPSA) is 75.8 Å². The van der Waals surface area contributed by atoms with Gasteiger partial charge in [0.25, 0.3) is 0 Å². The van der Waals surface area contributed by atoms with E-state index in [-0.39, 0.29) is 11.7 Å². The van der Waals surface area contributed by atoms with Crippen molar-refractivity contribution in [3.63, 3.8) is 0 Å². The van der Waals surface area contributed by atoms with Gasteiger partial charge in [-0.1, -0.05) is 18.9 Å². The summed E-state index contributed by atoms with van der Waals surface area (Å²) in [5.74, 6) is -0.974. The highest BCUT2D eigenvalue weighted by Gasteiger charge is 2.35. The molecule has 0 spiro atoms. The molecular formula is C15H20N2O3. The molecule has 0 aromatic heterocycles. The molecule has 1 heterocycles. The maximum atomic E-state index is 11.2. The number of hydrogen-bond acceptors (Lipinski definition) is 4. The number of benzene rings is 1. The van der Waals surface area contributed by atoms with Gasteiger partial charge >= 0.3 is 5.97 Å². The van der Waals surface area contributed by atoms with Crippen LogP contribution in [0.3, 0.4) is 0 Å². The lowest BCUT2D eigenvalue weighted by atomic mass is 9.89. The second-order valence-corrected chi connectivity index (χ2v) is 5.50. The van der Waals surface area contributed by atoms with Gasteiger partial charge in [-0.2, -0.15) is 0 Å². The van der Waals surface area contributed by atoms with Crippen molar-refractivity contribution in [1.29, 1.82) is 0 Å². The molecule has 5 nitrogen and oxygen atoms in total. The normalized spacial score (nSPS) is 26.1. The number of carbonyl (C=O) groups is 1. The molecule has 2 unspecified atom stereocenters. The Morgan fingerprint density at radius 1 is 1.35 bits per heavy atom. The highest BCUT2D eigenvalue weighted by Crippen LogP contribution is 2.35. The number of hydrogen-bond donors (Lipinski definition) is 2. The van der Waals surface area contributed by atoms with Crippen LogP contribution in [0, 0.1) is 0 Å². The number of ether oxygens (including phenoxy) is 1. The summed E-state index contributed by atoms with van der Waals surface area (Å²) in [6.45, 7) is 1.45. The van der Waals surface area contributed by atoms with E-state index in [1.165, 1.54) is 12.8 Å². The molecule has 1 aromatic rings. The van der Waals surface area contributed by atoms with Crippen molar-refractivity contribution in [3.8, 4) is 0 Å². The Kier molecular flexibility index (Phi) is 3.53. The Balaban J connectivity index is 1.95. The molecule has 0 amide bonds. The summed E-state index contributed by atoms with van der Waals surface area (Å²) in [6, 6.07) is 5.56. The average Bonchev–Trinajstić information content (AvgIpc) is 2.47. The van der Waals surface area contributed by atoms with Crippen molar-refractivity contribution >= 4 is 17.3 Å². The molecule has 1 aromatic carbocycles. The third-order valence-corrected chi connectivity index (χ3v) is 4.36. The highest BCUT2D eigenvalue weighted by atomic mass is 16.5. The number of morpholine rings is 1. The molecule has 3 N–H and O–H groups in total. The first-order chi connectivity index (χ1) is 9.68. The van der Waals surface area contributed by atoms with E-state index in [0.717, 1.165) is 25.1 Å². The van der Waals surface area contributed by atoms with Gasteiger partial charge in [0, 0.05) is 6.54 Å². The van der Waals surface area contributed by atoms with Crippen molar-refractivity contribution in [2.75, 3.05) is 23.8 Å². The van der Waals surface area contributed by atoms with E-state index in [2.05, 4.69) is 4.90 Å². The largest absolute Gasteiger partial charge is 0.478 e. The van der Waals surface area contributed by atoms with Gasteiger partial charge in [-0.05, 0) is 25.0 Å². The van der Waals surface area contributed by atoms with Gasteiger partial charge in [0.2, 0.25) is 0 Å². The summed E-state index contributed by atoms with van der Waals surface area (Å²) in [4.78, 5) is 13.5. The summed E-state index contributed by atoms with van der Waals surface area (Å²) < 4.78 is 5.85. The van der Waals surface area contributed by atoms with Gasteiger partial charge in [0.1, 0.15) is 0 Å². The van der Waals surface area contributed by atoms with Crippen LogP contribution < -0.4 is 10.6 Å². The zero-order chi connectivity index (χ0) is 14.1. The van der Waals surface area contributed by atoms with E-state index in [0.29, 0.717) is 18.3 Å². The van der Waals surface area contributed by atoms with Crippen LogP contribution in [0.25, 0.3) is 0 Å². The molecule has 0 bridgehead atoms. The number of anilines is 2. The molecule has 5 heteroatoms. The lowest BCUT2D eigenvalue weighted by molar-refractivity contribution is -0.00862. The van der Waals surface area contributed by atoms with E-state index in [1.54, 1.807) is 12.1 Å². The predicted octanol–water partition coefficient (Wildman–Crippen LogP) is 2.11. The van der Waals surface area contributed by atoms with Gasteiger partial charge in [0.15, 0.2) is 0 Å². The number of nitrogens with zero attached hydrogens (tertiary/aromatic N) is 1. The van der Waals surface area contributed by atoms with E-state index in [9.17, 15) is 9.90 Å². The lowest BCUT2D eigenvalue weighted by Gasteiger charge is -2.45. The molecule has 2 atom stereocenters. The van der Waals surface area contributed by atoms with Crippen LogP contribution in [0.15, 0.2) is 18.2 Å². The molecule has 3 rings (SSSR count). The summed E-state index contributed by atoms with van der Waals surface area (Å²) in [5.41, 5.74) is 7.46. The summed E-state index contributed by atoms with van der Waals surface area (Å²) in [5, 5.41) is 9.20. The van der Waals surface area contributed by atoms with Crippen molar-refractivity contribution in [2.24, 2.45) is 0 Å².